The van der Waals surface area contributed by atoms with E-state index in [0.29, 0.717) is 11.5 Å². The molecule has 3 aliphatic heterocycles. The Morgan fingerprint density at radius 3 is 1.97 bits per heavy atom. The van der Waals surface area contributed by atoms with Gasteiger partial charge in [0.15, 0.2) is 33.3 Å². The number of hydrogen-bond acceptors (Lipinski definition) is 12. The van der Waals surface area contributed by atoms with Crippen molar-refractivity contribution in [2.24, 2.45) is 5.92 Å². The zero-order chi connectivity index (χ0) is 45.3. The van der Waals surface area contributed by atoms with Crippen LogP contribution in [0, 0.1) is 5.92 Å². The summed E-state index contributed by atoms with van der Waals surface area (Å²) in [5, 5.41) is 12.1. The van der Waals surface area contributed by atoms with E-state index in [1.165, 1.54) is 0 Å². The van der Waals surface area contributed by atoms with Crippen molar-refractivity contribution in [2.75, 3.05) is 19.8 Å². The maximum Gasteiger partial charge on any atom is 0.338 e. The first kappa shape index (κ1) is 47.9. The van der Waals surface area contributed by atoms with Crippen LogP contribution in [0.4, 0.5) is 0 Å². The number of aliphatic hydroxyl groups excluding tert-OH is 1. The molecular weight excluding hydrogens is 833 g/mol. The van der Waals surface area contributed by atoms with E-state index in [0.717, 1.165) is 16.7 Å². The highest BCUT2D eigenvalue weighted by atomic mass is 28.4. The molecule has 0 spiro atoms. The Morgan fingerprint density at radius 1 is 0.766 bits per heavy atom. The molecular formula is C51H64O12Si. The summed E-state index contributed by atoms with van der Waals surface area (Å²) in [5.74, 6) is -0.275. The van der Waals surface area contributed by atoms with Gasteiger partial charge in [-0.05, 0) is 47.3 Å². The van der Waals surface area contributed by atoms with Gasteiger partial charge in [-0.15, -0.1) is 6.58 Å². The highest BCUT2D eigenvalue weighted by Crippen LogP contribution is 2.45. The molecule has 4 aromatic carbocycles. The Kier molecular flexibility index (Phi) is 16.4. The number of carbonyl (C=O) groups excluding carboxylic acids is 1. The van der Waals surface area contributed by atoms with Crippen LogP contribution >= 0.6 is 0 Å². The monoisotopic (exact) mass is 896 g/mol. The van der Waals surface area contributed by atoms with Gasteiger partial charge >= 0.3 is 5.97 Å². The smallest absolute Gasteiger partial charge is 0.338 e. The van der Waals surface area contributed by atoms with Crippen molar-refractivity contribution in [3.63, 3.8) is 0 Å². The van der Waals surface area contributed by atoms with Crippen LogP contribution in [0.1, 0.15) is 61.0 Å². The van der Waals surface area contributed by atoms with E-state index in [4.69, 9.17) is 47.1 Å². The Morgan fingerprint density at radius 2 is 1.36 bits per heavy atom. The normalized spacial score (nSPS) is 28.6. The average Bonchev–Trinajstić information content (AvgIpc) is 3.31. The third kappa shape index (κ3) is 11.5. The summed E-state index contributed by atoms with van der Waals surface area (Å²) in [5.41, 5.74) is 2.93. The van der Waals surface area contributed by atoms with Crippen molar-refractivity contribution in [1.29, 1.82) is 0 Å². The molecule has 3 fully saturated rings. The molecule has 0 saturated carbocycles. The van der Waals surface area contributed by atoms with Crippen LogP contribution in [0.3, 0.4) is 0 Å². The third-order valence-electron chi connectivity index (χ3n) is 13.1. The molecule has 4 aromatic rings. The molecule has 3 aliphatic rings. The lowest BCUT2D eigenvalue weighted by Gasteiger charge is -2.51. The minimum atomic E-state index is -2.48. The molecule has 7 rings (SSSR count). The highest BCUT2D eigenvalue weighted by Gasteiger charge is 2.56. The van der Waals surface area contributed by atoms with Crippen LogP contribution in [-0.4, -0.2) is 101 Å². The molecule has 0 bridgehead atoms. The van der Waals surface area contributed by atoms with Gasteiger partial charge in [-0.1, -0.05) is 143 Å². The molecule has 0 aromatic heterocycles. The van der Waals surface area contributed by atoms with Crippen molar-refractivity contribution in [3.8, 4) is 0 Å². The number of carbonyl (C=O) groups is 1. The van der Waals surface area contributed by atoms with Crippen molar-refractivity contribution in [1.82, 2.24) is 0 Å². The van der Waals surface area contributed by atoms with E-state index in [2.05, 4.69) is 47.4 Å². The fourth-order valence-corrected chi connectivity index (χ4v) is 10.4. The molecule has 3 heterocycles. The van der Waals surface area contributed by atoms with Crippen molar-refractivity contribution >= 4 is 14.3 Å². The topological polar surface area (TPSA) is 130 Å². The quantitative estimate of drug-likeness (QED) is 0.0550. The van der Waals surface area contributed by atoms with E-state index >= 15 is 0 Å². The zero-order valence-electron chi connectivity index (χ0n) is 37.7. The second-order valence-electron chi connectivity index (χ2n) is 17.9. The Balaban J connectivity index is 1.26. The summed E-state index contributed by atoms with van der Waals surface area (Å²) in [6.45, 7) is 17.7. The second-order valence-corrected chi connectivity index (χ2v) is 22.5. The number of rotatable bonds is 19. The Hall–Kier alpha value is -4.09. The predicted molar refractivity (Wildman–Crippen MR) is 242 cm³/mol. The maximum absolute atomic E-state index is 14.1. The summed E-state index contributed by atoms with van der Waals surface area (Å²) in [6, 6.07) is 37.7. The van der Waals surface area contributed by atoms with Crippen molar-refractivity contribution in [2.45, 2.75) is 127 Å². The minimum absolute atomic E-state index is 0.0754. The number of benzene rings is 4. The van der Waals surface area contributed by atoms with Gasteiger partial charge in [0, 0.05) is 5.56 Å². The third-order valence-corrected chi connectivity index (χ3v) is 17.6. The van der Waals surface area contributed by atoms with Gasteiger partial charge in [-0.2, -0.15) is 0 Å². The van der Waals surface area contributed by atoms with Gasteiger partial charge in [0.25, 0.3) is 0 Å². The van der Waals surface area contributed by atoms with Gasteiger partial charge in [0.05, 0.1) is 38.6 Å². The van der Waals surface area contributed by atoms with Crippen LogP contribution in [0.25, 0.3) is 0 Å². The molecule has 0 amide bonds. The van der Waals surface area contributed by atoms with Gasteiger partial charge < -0.3 is 52.2 Å². The fourth-order valence-electron chi connectivity index (χ4n) is 8.06. The van der Waals surface area contributed by atoms with Gasteiger partial charge in [-0.25, -0.2) is 4.79 Å². The maximum atomic E-state index is 14.1. The SMILES string of the molecule is C=CCO[C@@H]1[C@@H](O)[C@H](O[C@H]2[C@H](OCc3ccccc3)[C@@H](OC(=O)c3ccccc3)[C@H](OCc3ccccc3)O[C@@H]2CO[Si](C)(C)C(C)(C)C(C)C)O[C@@H]2CO[C@H](c3ccccc3)O[C@H]12. The summed E-state index contributed by atoms with van der Waals surface area (Å²) in [4.78, 5) is 14.1. The molecule has 3 saturated heterocycles. The first-order chi connectivity index (χ1) is 30.9. The van der Waals surface area contributed by atoms with Crippen LogP contribution < -0.4 is 0 Å². The molecule has 0 radical (unpaired) electrons. The molecule has 13 heteroatoms. The molecule has 11 atom stereocenters. The molecule has 0 aliphatic carbocycles. The summed E-state index contributed by atoms with van der Waals surface area (Å²) in [7, 11) is -2.48. The Bertz CT molecular complexity index is 2040. The first-order valence-corrected chi connectivity index (χ1v) is 25.2. The molecule has 0 unspecified atom stereocenters. The number of ether oxygens (including phenoxy) is 9. The molecule has 344 valence electrons. The lowest BCUT2D eigenvalue weighted by Crippen LogP contribution is -2.67. The van der Waals surface area contributed by atoms with Crippen LogP contribution in [0.5, 0.6) is 0 Å². The lowest BCUT2D eigenvalue weighted by molar-refractivity contribution is -0.390. The number of esters is 1. The fraction of sp³-hybridized carbons (Fsp3) is 0.471. The molecule has 1 N–H and O–H groups in total. The van der Waals surface area contributed by atoms with Gasteiger partial charge in [0.1, 0.15) is 42.7 Å². The largest absolute Gasteiger partial charge is 0.450 e. The number of aliphatic hydroxyl groups is 1. The second kappa shape index (κ2) is 21.9. The lowest BCUT2D eigenvalue weighted by atomic mass is 9.95. The summed E-state index contributed by atoms with van der Waals surface area (Å²) >= 11 is 0. The summed E-state index contributed by atoms with van der Waals surface area (Å²) in [6.07, 6.45) is -9.36. The van der Waals surface area contributed by atoms with Gasteiger partial charge in [0.2, 0.25) is 0 Å². The first-order valence-electron chi connectivity index (χ1n) is 22.3. The zero-order valence-corrected chi connectivity index (χ0v) is 38.7. The summed E-state index contributed by atoms with van der Waals surface area (Å²) < 4.78 is 66.3. The molecule has 64 heavy (non-hydrogen) atoms. The minimum Gasteiger partial charge on any atom is -0.450 e. The van der Waals surface area contributed by atoms with Crippen molar-refractivity contribution < 1.29 is 57.0 Å². The Labute approximate surface area is 378 Å². The number of fused-ring (bicyclic) bond motifs is 1. The highest BCUT2D eigenvalue weighted by molar-refractivity contribution is 6.74. The number of hydrogen-bond donors (Lipinski definition) is 1. The van der Waals surface area contributed by atoms with Gasteiger partial charge in [-0.3, -0.25) is 0 Å². The van der Waals surface area contributed by atoms with E-state index in [9.17, 15) is 9.90 Å². The van der Waals surface area contributed by atoms with Crippen LogP contribution in [-0.2, 0) is 60.3 Å². The van der Waals surface area contributed by atoms with E-state index < -0.39 is 82.0 Å². The van der Waals surface area contributed by atoms with E-state index in [-0.39, 0.29) is 38.1 Å². The van der Waals surface area contributed by atoms with E-state index in [1.807, 2.05) is 97.1 Å². The molecule has 12 nitrogen and oxygen atoms in total. The standard InChI is InChI=1S/C51H64O12Si/c1-8-29-54-44-41(52)49(59-39-32-57-48(62-42(39)44)38-27-19-12-20-28-38)63-43-40(33-58-64(6,7)51(4,5)34(2)3)60-50(56-31-36-23-15-10-16-24-36)46(61-47(53)37-25-17-11-18-26-37)45(43)55-30-35-21-13-9-14-22-35/h8-28,34,39-46,48-50,52H,1,29-33H2,2-7H3/t39-,40-,41-,42+,43-,44-,45+,46-,48+,49+,50-/m1/s1. The average molecular weight is 897 g/mol. The van der Waals surface area contributed by atoms with Crippen molar-refractivity contribution in [3.05, 3.63) is 156 Å². The van der Waals surface area contributed by atoms with Crippen LogP contribution in [0.15, 0.2) is 134 Å². The predicted octanol–water partition coefficient (Wildman–Crippen LogP) is 8.55. The van der Waals surface area contributed by atoms with Crippen LogP contribution in [0.2, 0.25) is 18.1 Å². The van der Waals surface area contributed by atoms with E-state index in [1.54, 1.807) is 30.3 Å².